The van der Waals surface area contributed by atoms with Crippen molar-refractivity contribution in [3.8, 4) is 5.75 Å². The van der Waals surface area contributed by atoms with Crippen molar-refractivity contribution in [2.75, 3.05) is 5.32 Å². The van der Waals surface area contributed by atoms with Crippen molar-refractivity contribution in [3.63, 3.8) is 0 Å². The number of phenols is 1. The molecule has 2 rings (SSSR count). The predicted octanol–water partition coefficient (Wildman–Crippen LogP) is 2.63. The van der Waals surface area contributed by atoms with Crippen molar-refractivity contribution >= 4 is 23.2 Å². The maximum Gasteiger partial charge on any atom is 0.272 e. The second kappa shape index (κ2) is 4.28. The second-order valence-electron chi connectivity index (χ2n) is 3.23. The fourth-order valence-electron chi connectivity index (χ4n) is 1.24. The summed E-state index contributed by atoms with van der Waals surface area (Å²) in [7, 11) is 0. The highest BCUT2D eigenvalue weighted by molar-refractivity contribution is 6.31. The molecule has 0 spiro atoms. The first-order valence-corrected chi connectivity index (χ1v) is 4.97. The van der Waals surface area contributed by atoms with Gasteiger partial charge in [0.1, 0.15) is 11.4 Å². The van der Waals surface area contributed by atoms with E-state index in [2.05, 4.69) is 10.3 Å². The number of aromatic nitrogens is 1. The van der Waals surface area contributed by atoms with Crippen LogP contribution >= 0.6 is 11.6 Å². The van der Waals surface area contributed by atoms with E-state index in [1.807, 2.05) is 0 Å². The molecule has 0 aliphatic heterocycles. The molecule has 1 aromatic carbocycles. The number of hydrogen-bond donors (Lipinski definition) is 3. The summed E-state index contributed by atoms with van der Waals surface area (Å²) in [5, 5.41) is 12.2. The number of benzene rings is 1. The first kappa shape index (κ1) is 10.6. The van der Waals surface area contributed by atoms with Gasteiger partial charge in [-0.2, -0.15) is 0 Å². The van der Waals surface area contributed by atoms with Crippen LogP contribution in [0.15, 0.2) is 36.5 Å². The molecule has 1 amide bonds. The lowest BCUT2D eigenvalue weighted by Crippen LogP contribution is -2.11. The molecule has 0 fully saturated rings. The Morgan fingerprint density at radius 2 is 2.00 bits per heavy atom. The summed E-state index contributed by atoms with van der Waals surface area (Å²) in [6.45, 7) is 0. The standard InChI is InChI=1S/C11H9ClN2O2/c12-7-5-10(13-6-7)11(16)14-8-1-3-9(15)4-2-8/h1-6,13,15H,(H,14,16). The highest BCUT2D eigenvalue weighted by atomic mass is 35.5. The lowest BCUT2D eigenvalue weighted by atomic mass is 10.3. The molecule has 0 bridgehead atoms. The van der Waals surface area contributed by atoms with Crippen molar-refractivity contribution < 1.29 is 9.90 Å². The second-order valence-corrected chi connectivity index (χ2v) is 3.67. The van der Waals surface area contributed by atoms with Crippen LogP contribution in [-0.2, 0) is 0 Å². The molecule has 0 saturated heterocycles. The van der Waals surface area contributed by atoms with Gasteiger partial charge in [0.2, 0.25) is 0 Å². The maximum absolute atomic E-state index is 11.6. The number of anilines is 1. The topological polar surface area (TPSA) is 65.1 Å². The van der Waals surface area contributed by atoms with E-state index in [0.29, 0.717) is 16.4 Å². The molecule has 1 heterocycles. The summed E-state index contributed by atoms with van der Waals surface area (Å²) in [5.74, 6) is -0.126. The van der Waals surface area contributed by atoms with Gasteiger partial charge in [0, 0.05) is 11.9 Å². The fourth-order valence-corrected chi connectivity index (χ4v) is 1.41. The van der Waals surface area contributed by atoms with Crippen LogP contribution in [0.5, 0.6) is 5.75 Å². The third kappa shape index (κ3) is 2.35. The molecule has 0 saturated carbocycles. The number of aromatic hydroxyl groups is 1. The van der Waals surface area contributed by atoms with Gasteiger partial charge in [-0.15, -0.1) is 0 Å². The lowest BCUT2D eigenvalue weighted by Gasteiger charge is -2.03. The van der Waals surface area contributed by atoms with Gasteiger partial charge < -0.3 is 15.4 Å². The van der Waals surface area contributed by atoms with Crippen LogP contribution in [0.25, 0.3) is 0 Å². The monoisotopic (exact) mass is 236 g/mol. The molecule has 5 heteroatoms. The molecular weight excluding hydrogens is 228 g/mol. The molecule has 3 N–H and O–H groups in total. The average Bonchev–Trinajstić information content (AvgIpc) is 2.68. The predicted molar refractivity (Wildman–Crippen MR) is 61.9 cm³/mol. The number of phenolic OH excluding ortho intramolecular Hbond substituents is 1. The van der Waals surface area contributed by atoms with Crippen LogP contribution in [0.3, 0.4) is 0 Å². The normalized spacial score (nSPS) is 10.1. The van der Waals surface area contributed by atoms with Gasteiger partial charge in [-0.25, -0.2) is 0 Å². The summed E-state index contributed by atoms with van der Waals surface area (Å²) >= 11 is 5.68. The van der Waals surface area contributed by atoms with Gasteiger partial charge in [-0.05, 0) is 30.3 Å². The molecule has 82 valence electrons. The summed E-state index contributed by atoms with van der Waals surface area (Å²) in [6, 6.07) is 7.75. The van der Waals surface area contributed by atoms with Crippen LogP contribution in [0.1, 0.15) is 10.5 Å². The Morgan fingerprint density at radius 1 is 1.31 bits per heavy atom. The number of rotatable bonds is 2. The van der Waals surface area contributed by atoms with Crippen LogP contribution in [0.4, 0.5) is 5.69 Å². The molecule has 0 aliphatic carbocycles. The molecular formula is C11H9ClN2O2. The summed E-state index contributed by atoms with van der Waals surface area (Å²) < 4.78 is 0. The van der Waals surface area contributed by atoms with Gasteiger partial charge in [0.15, 0.2) is 0 Å². The molecule has 0 radical (unpaired) electrons. The third-order valence-corrected chi connectivity index (χ3v) is 2.24. The molecule has 0 unspecified atom stereocenters. The number of halogens is 1. The molecule has 0 atom stereocenters. The van der Waals surface area contributed by atoms with Crippen molar-refractivity contribution in [2.24, 2.45) is 0 Å². The SMILES string of the molecule is O=C(Nc1ccc(O)cc1)c1cc(Cl)c[nH]1. The van der Waals surface area contributed by atoms with E-state index in [1.54, 1.807) is 12.1 Å². The first-order chi connectivity index (χ1) is 7.65. The number of carbonyl (C=O) groups excluding carboxylic acids is 1. The number of hydrogen-bond acceptors (Lipinski definition) is 2. The van der Waals surface area contributed by atoms with Gasteiger partial charge in [-0.1, -0.05) is 11.6 Å². The van der Waals surface area contributed by atoms with Crippen LogP contribution in [-0.4, -0.2) is 16.0 Å². The van der Waals surface area contributed by atoms with E-state index >= 15 is 0 Å². The first-order valence-electron chi connectivity index (χ1n) is 4.59. The largest absolute Gasteiger partial charge is 0.508 e. The Bertz CT molecular complexity index is 505. The fraction of sp³-hybridized carbons (Fsp3) is 0. The Kier molecular flexibility index (Phi) is 2.83. The number of nitrogens with one attached hydrogen (secondary N) is 2. The molecule has 16 heavy (non-hydrogen) atoms. The van der Waals surface area contributed by atoms with Crippen molar-refractivity contribution in [3.05, 3.63) is 47.2 Å². The minimum absolute atomic E-state index is 0.154. The van der Waals surface area contributed by atoms with E-state index in [9.17, 15) is 4.79 Å². The van der Waals surface area contributed by atoms with Crippen molar-refractivity contribution in [2.45, 2.75) is 0 Å². The van der Waals surface area contributed by atoms with E-state index in [4.69, 9.17) is 16.7 Å². The number of H-pyrrole nitrogens is 1. The minimum Gasteiger partial charge on any atom is -0.508 e. The molecule has 0 aliphatic rings. The van der Waals surface area contributed by atoms with E-state index in [-0.39, 0.29) is 11.7 Å². The van der Waals surface area contributed by atoms with Crippen LogP contribution in [0, 0.1) is 0 Å². The molecule has 4 nitrogen and oxygen atoms in total. The molecule has 1 aromatic heterocycles. The Morgan fingerprint density at radius 3 is 2.56 bits per heavy atom. The average molecular weight is 237 g/mol. The van der Waals surface area contributed by atoms with Crippen LogP contribution in [0.2, 0.25) is 5.02 Å². The van der Waals surface area contributed by atoms with Crippen LogP contribution < -0.4 is 5.32 Å². The summed E-state index contributed by atoms with van der Waals surface area (Å²) in [4.78, 5) is 14.4. The maximum atomic E-state index is 11.6. The number of carbonyl (C=O) groups is 1. The zero-order valence-electron chi connectivity index (χ0n) is 8.20. The van der Waals surface area contributed by atoms with Gasteiger partial charge in [0.05, 0.1) is 5.02 Å². The summed E-state index contributed by atoms with van der Waals surface area (Å²) in [6.07, 6.45) is 1.54. The number of amides is 1. The third-order valence-electron chi connectivity index (χ3n) is 2.02. The quantitative estimate of drug-likeness (QED) is 0.702. The lowest BCUT2D eigenvalue weighted by molar-refractivity contribution is 0.102. The zero-order chi connectivity index (χ0) is 11.5. The Balaban J connectivity index is 2.10. The minimum atomic E-state index is -0.280. The van der Waals surface area contributed by atoms with Crippen molar-refractivity contribution in [1.29, 1.82) is 0 Å². The highest BCUT2D eigenvalue weighted by Crippen LogP contribution is 2.15. The van der Waals surface area contributed by atoms with E-state index < -0.39 is 0 Å². The zero-order valence-corrected chi connectivity index (χ0v) is 8.95. The van der Waals surface area contributed by atoms with E-state index in [1.165, 1.54) is 24.4 Å². The van der Waals surface area contributed by atoms with Gasteiger partial charge in [-0.3, -0.25) is 4.79 Å². The van der Waals surface area contributed by atoms with Crippen molar-refractivity contribution in [1.82, 2.24) is 4.98 Å². The Hall–Kier alpha value is -1.94. The molecule has 2 aromatic rings. The van der Waals surface area contributed by atoms with Gasteiger partial charge >= 0.3 is 0 Å². The Labute approximate surface area is 96.9 Å². The van der Waals surface area contributed by atoms with E-state index in [0.717, 1.165) is 0 Å². The number of aromatic amines is 1. The summed E-state index contributed by atoms with van der Waals surface area (Å²) in [5.41, 5.74) is 0.992. The smallest absolute Gasteiger partial charge is 0.272 e. The van der Waals surface area contributed by atoms with Gasteiger partial charge in [0.25, 0.3) is 5.91 Å². The highest BCUT2D eigenvalue weighted by Gasteiger charge is 2.07.